The first-order chi connectivity index (χ1) is 9.74. The van der Waals surface area contributed by atoms with Crippen LogP contribution in [0.1, 0.15) is 10.6 Å². The molecule has 0 aliphatic carbocycles. The average molecular weight is 303 g/mol. The van der Waals surface area contributed by atoms with Gasteiger partial charge in [0.2, 0.25) is 5.91 Å². The Morgan fingerprint density at radius 3 is 2.95 bits per heavy atom. The smallest absolute Gasteiger partial charge is 0.250 e. The summed E-state index contributed by atoms with van der Waals surface area (Å²) in [4.78, 5) is 16.8. The van der Waals surface area contributed by atoms with Crippen LogP contribution in [-0.2, 0) is 11.3 Å². The number of carbonyl (C=O) groups excluding carboxylic acids is 1. The molecule has 0 bridgehead atoms. The maximum atomic E-state index is 11.6. The molecule has 2 aromatic heterocycles. The molecule has 102 valence electrons. The fourth-order valence-corrected chi connectivity index (χ4v) is 2.21. The normalized spacial score (nSPS) is 10.4. The second-order valence-corrected chi connectivity index (χ2v) is 5.23. The summed E-state index contributed by atoms with van der Waals surface area (Å²) in [7, 11) is 0. The van der Waals surface area contributed by atoms with Crippen molar-refractivity contribution < 1.29 is 4.79 Å². The van der Waals surface area contributed by atoms with E-state index >= 15 is 0 Å². The molecular weight excluding hydrogens is 290 g/mol. The van der Waals surface area contributed by atoms with Crippen molar-refractivity contribution in [1.82, 2.24) is 15.6 Å². The molecular formula is C14H13N3OS2. The summed E-state index contributed by atoms with van der Waals surface area (Å²) in [6.45, 7) is 0.481. The van der Waals surface area contributed by atoms with Crippen LogP contribution in [-0.4, -0.2) is 16.0 Å². The highest BCUT2D eigenvalue weighted by atomic mass is 32.1. The number of pyridine rings is 1. The molecule has 0 aliphatic rings. The molecule has 0 unspecified atom stereocenters. The lowest BCUT2D eigenvalue weighted by atomic mass is 10.3. The van der Waals surface area contributed by atoms with Crippen LogP contribution in [0.5, 0.6) is 0 Å². The van der Waals surface area contributed by atoms with Crippen LogP contribution < -0.4 is 10.6 Å². The second-order valence-electron chi connectivity index (χ2n) is 3.84. The maximum absolute atomic E-state index is 11.6. The third kappa shape index (κ3) is 4.91. The molecule has 0 aromatic carbocycles. The monoisotopic (exact) mass is 303 g/mol. The van der Waals surface area contributed by atoms with Gasteiger partial charge in [-0.15, -0.1) is 11.3 Å². The van der Waals surface area contributed by atoms with E-state index in [0.717, 1.165) is 10.6 Å². The van der Waals surface area contributed by atoms with Crippen molar-refractivity contribution in [3.8, 4) is 0 Å². The number of amides is 1. The minimum absolute atomic E-state index is 0.253. The lowest BCUT2D eigenvalue weighted by Gasteiger charge is -2.07. The molecule has 0 spiro atoms. The van der Waals surface area contributed by atoms with Gasteiger partial charge in [-0.3, -0.25) is 15.1 Å². The van der Waals surface area contributed by atoms with Crippen molar-refractivity contribution in [2.24, 2.45) is 0 Å². The zero-order valence-electron chi connectivity index (χ0n) is 10.6. The number of hydrogen-bond donors (Lipinski definition) is 2. The van der Waals surface area contributed by atoms with Gasteiger partial charge in [-0.1, -0.05) is 12.1 Å². The molecule has 4 nitrogen and oxygen atoms in total. The maximum Gasteiger partial charge on any atom is 0.250 e. The Labute approximate surface area is 126 Å². The topological polar surface area (TPSA) is 54.0 Å². The van der Waals surface area contributed by atoms with Gasteiger partial charge in [0.25, 0.3) is 0 Å². The van der Waals surface area contributed by atoms with Gasteiger partial charge in [-0.05, 0) is 41.9 Å². The third-order valence-corrected chi connectivity index (χ3v) is 3.42. The van der Waals surface area contributed by atoms with Crippen molar-refractivity contribution in [1.29, 1.82) is 0 Å². The number of aromatic nitrogens is 1. The van der Waals surface area contributed by atoms with Crippen LogP contribution >= 0.6 is 23.6 Å². The van der Waals surface area contributed by atoms with Crippen LogP contribution in [0.2, 0.25) is 0 Å². The quantitative estimate of drug-likeness (QED) is 0.672. The molecule has 0 aliphatic heterocycles. The standard InChI is InChI=1S/C14H13N3OS2/c18-13(7-6-12-5-3-9-20-12)17-14(19)16-10-11-4-1-2-8-15-11/h1-9H,10H2,(H2,16,17,18,19)/b7-6+. The number of hydrogen-bond acceptors (Lipinski definition) is 4. The Balaban J connectivity index is 1.75. The van der Waals surface area contributed by atoms with E-state index in [0.29, 0.717) is 6.54 Å². The van der Waals surface area contributed by atoms with Crippen LogP contribution in [0.25, 0.3) is 6.08 Å². The van der Waals surface area contributed by atoms with Crippen molar-refractivity contribution in [2.75, 3.05) is 0 Å². The van der Waals surface area contributed by atoms with Crippen molar-refractivity contribution in [3.05, 3.63) is 58.6 Å². The summed E-state index contributed by atoms with van der Waals surface area (Å²) in [6, 6.07) is 9.50. The third-order valence-electron chi connectivity index (χ3n) is 2.34. The highest BCUT2D eigenvalue weighted by molar-refractivity contribution is 7.80. The molecule has 0 saturated carbocycles. The van der Waals surface area contributed by atoms with Crippen molar-refractivity contribution >= 4 is 40.7 Å². The summed E-state index contributed by atoms with van der Waals surface area (Å²) in [5.41, 5.74) is 0.859. The van der Waals surface area contributed by atoms with E-state index in [1.54, 1.807) is 23.6 Å². The van der Waals surface area contributed by atoms with Gasteiger partial charge < -0.3 is 5.32 Å². The number of thiocarbonyl (C=S) groups is 1. The van der Waals surface area contributed by atoms with Crippen molar-refractivity contribution in [3.63, 3.8) is 0 Å². The van der Waals surface area contributed by atoms with E-state index in [4.69, 9.17) is 12.2 Å². The van der Waals surface area contributed by atoms with E-state index in [-0.39, 0.29) is 11.0 Å². The molecule has 1 amide bonds. The minimum atomic E-state index is -0.253. The van der Waals surface area contributed by atoms with Crippen LogP contribution in [0.3, 0.4) is 0 Å². The Bertz CT molecular complexity index is 594. The average Bonchev–Trinajstić information content (AvgIpc) is 2.97. The number of carbonyl (C=O) groups is 1. The van der Waals surface area contributed by atoms with E-state index in [1.807, 2.05) is 35.7 Å². The summed E-state index contributed by atoms with van der Waals surface area (Å²) >= 11 is 6.61. The molecule has 0 saturated heterocycles. The molecule has 0 radical (unpaired) electrons. The zero-order valence-corrected chi connectivity index (χ0v) is 12.2. The summed E-state index contributed by atoms with van der Waals surface area (Å²) < 4.78 is 0. The largest absolute Gasteiger partial charge is 0.357 e. The Morgan fingerprint density at radius 2 is 2.25 bits per heavy atom. The number of thiophene rings is 1. The Kier molecular flexibility index (Phi) is 5.40. The fraction of sp³-hybridized carbons (Fsp3) is 0.0714. The Hall–Kier alpha value is -2.05. The number of nitrogens with one attached hydrogen (secondary N) is 2. The molecule has 20 heavy (non-hydrogen) atoms. The first-order valence-electron chi connectivity index (χ1n) is 5.94. The lowest BCUT2D eigenvalue weighted by molar-refractivity contribution is -0.115. The van der Waals surface area contributed by atoms with Gasteiger partial charge in [-0.2, -0.15) is 0 Å². The highest BCUT2D eigenvalue weighted by Gasteiger charge is 2.01. The van der Waals surface area contributed by atoms with Gasteiger partial charge in [-0.25, -0.2) is 0 Å². The molecule has 2 N–H and O–H groups in total. The molecule has 0 fully saturated rings. The molecule has 0 atom stereocenters. The predicted octanol–water partition coefficient (Wildman–Crippen LogP) is 2.35. The van der Waals surface area contributed by atoms with Gasteiger partial charge >= 0.3 is 0 Å². The van der Waals surface area contributed by atoms with Gasteiger partial charge in [0, 0.05) is 17.2 Å². The van der Waals surface area contributed by atoms with Crippen LogP contribution in [0.15, 0.2) is 48.0 Å². The summed E-state index contributed by atoms with van der Waals surface area (Å²) in [5.74, 6) is -0.253. The SMILES string of the molecule is O=C(/C=C/c1cccs1)NC(=S)NCc1ccccn1. The zero-order chi connectivity index (χ0) is 14.2. The predicted molar refractivity (Wildman–Crippen MR) is 85.2 cm³/mol. The first kappa shape index (κ1) is 14.4. The number of nitrogens with zero attached hydrogens (tertiary/aromatic N) is 1. The first-order valence-corrected chi connectivity index (χ1v) is 7.23. The van der Waals surface area contributed by atoms with Crippen LogP contribution in [0, 0.1) is 0 Å². The Morgan fingerprint density at radius 1 is 1.35 bits per heavy atom. The molecule has 6 heteroatoms. The minimum Gasteiger partial charge on any atom is -0.357 e. The van der Waals surface area contributed by atoms with Crippen molar-refractivity contribution in [2.45, 2.75) is 6.54 Å². The fourth-order valence-electron chi connectivity index (χ4n) is 1.42. The van der Waals surface area contributed by atoms with Gasteiger partial charge in [0.15, 0.2) is 5.11 Å². The van der Waals surface area contributed by atoms with Gasteiger partial charge in [0.1, 0.15) is 0 Å². The van der Waals surface area contributed by atoms with Crippen LogP contribution in [0.4, 0.5) is 0 Å². The molecule has 2 heterocycles. The number of rotatable bonds is 4. The molecule has 2 rings (SSSR count). The van der Waals surface area contributed by atoms with Gasteiger partial charge in [0.05, 0.1) is 12.2 Å². The molecule has 2 aromatic rings. The highest BCUT2D eigenvalue weighted by Crippen LogP contribution is 2.09. The van der Waals surface area contributed by atoms with E-state index < -0.39 is 0 Å². The lowest BCUT2D eigenvalue weighted by Crippen LogP contribution is -2.38. The van der Waals surface area contributed by atoms with E-state index in [9.17, 15) is 4.79 Å². The summed E-state index contributed by atoms with van der Waals surface area (Å²) in [5, 5.41) is 7.76. The van der Waals surface area contributed by atoms with E-state index in [2.05, 4.69) is 15.6 Å². The van der Waals surface area contributed by atoms with E-state index in [1.165, 1.54) is 6.08 Å². The second kappa shape index (κ2) is 7.52. The summed E-state index contributed by atoms with van der Waals surface area (Å²) in [6.07, 6.45) is 4.92.